The second-order valence-corrected chi connectivity index (χ2v) is 10.2. The second-order valence-electron chi connectivity index (χ2n) is 10.2. The van der Waals surface area contributed by atoms with Crippen LogP contribution in [0.3, 0.4) is 0 Å². The first-order chi connectivity index (χ1) is 17.0. The molecule has 1 amide bonds. The van der Waals surface area contributed by atoms with Gasteiger partial charge in [0.05, 0.1) is 56.4 Å². The number of para-hydroxylation sites is 1. The fraction of sp³-hybridized carbons (Fsp3) is 0.346. The van der Waals surface area contributed by atoms with Gasteiger partial charge in [-0.15, -0.1) is 0 Å². The zero-order chi connectivity index (χ0) is 25.8. The first-order valence-electron chi connectivity index (χ1n) is 11.7. The molecule has 0 saturated heterocycles. The Labute approximate surface area is 219 Å². The molecule has 3 aromatic rings. The van der Waals surface area contributed by atoms with Gasteiger partial charge in [0.2, 0.25) is 0 Å². The number of likely N-dealkylation sites (N-methyl/N-ethyl adjacent to an activating group) is 1. The van der Waals surface area contributed by atoms with E-state index in [4.69, 9.17) is 9.72 Å². The van der Waals surface area contributed by atoms with Crippen LogP contribution in [0.4, 0.5) is 0 Å². The monoisotopic (exact) mass is 525 g/mol. The number of nitrogens with one attached hydrogen (secondary N) is 1. The van der Waals surface area contributed by atoms with Gasteiger partial charge >= 0.3 is 5.97 Å². The van der Waals surface area contributed by atoms with Crippen LogP contribution in [0.2, 0.25) is 0 Å². The van der Waals surface area contributed by atoms with Crippen molar-refractivity contribution in [3.8, 4) is 11.4 Å². The Morgan fingerprint density at radius 1 is 1.27 bits per heavy atom. The molecule has 0 saturated carbocycles. The Morgan fingerprint density at radius 3 is 2.70 bits per heavy atom. The first kappa shape index (κ1) is 26.5. The highest BCUT2D eigenvalue weighted by Crippen LogP contribution is 2.39. The molecule has 2 N–H and O–H groups in total. The van der Waals surface area contributed by atoms with E-state index >= 15 is 0 Å². The van der Waals surface area contributed by atoms with Gasteiger partial charge in [-0.1, -0.05) is 25.1 Å². The number of fused-ring (bicyclic) bond motifs is 5. The van der Waals surface area contributed by atoms with Crippen molar-refractivity contribution in [3.05, 3.63) is 62.9 Å². The molecule has 1 atom stereocenters. The summed E-state index contributed by atoms with van der Waals surface area (Å²) in [7, 11) is 5.75. The summed E-state index contributed by atoms with van der Waals surface area (Å²) in [6, 6.07) is 9.21. The van der Waals surface area contributed by atoms with Crippen LogP contribution in [-0.4, -0.2) is 64.9 Å². The minimum absolute atomic E-state index is 0. The van der Waals surface area contributed by atoms with E-state index in [2.05, 4.69) is 10.5 Å². The van der Waals surface area contributed by atoms with Crippen molar-refractivity contribution in [2.45, 2.75) is 32.1 Å². The van der Waals surface area contributed by atoms with Crippen molar-refractivity contribution in [1.29, 1.82) is 0 Å². The average molecular weight is 526 g/mol. The lowest BCUT2D eigenvalue weighted by molar-refractivity contribution is -0.862. The zero-order valence-electron chi connectivity index (χ0n) is 21.0. The average Bonchev–Trinajstić information content (AvgIpc) is 3.19. The standard InChI is InChI=1S/C26H27N5O5.ClH/c1-5-26(35)19-10-21-23-17(12-30(21)24(33)18(19)14-36-25(26)34)16(15-8-6-7-9-20(15)28-23)11-27-29-22(32)13-31(2,3)4;/h6-11,35H,5,12-14H2,1-4H3;1H/t26-;/m0./s1. The molecular weight excluding hydrogens is 498 g/mol. The lowest BCUT2D eigenvalue weighted by Crippen LogP contribution is -3.00. The van der Waals surface area contributed by atoms with Crippen LogP contribution in [0, 0.1) is 0 Å². The topological polar surface area (TPSA) is 123 Å². The largest absolute Gasteiger partial charge is 1.00 e. The van der Waals surface area contributed by atoms with Crippen molar-refractivity contribution in [2.75, 3.05) is 27.7 Å². The van der Waals surface area contributed by atoms with E-state index in [1.165, 1.54) is 0 Å². The quantitative estimate of drug-likeness (QED) is 0.138. The number of hydrogen-bond acceptors (Lipinski definition) is 7. The maximum absolute atomic E-state index is 13.5. The van der Waals surface area contributed by atoms with Crippen molar-refractivity contribution in [3.63, 3.8) is 0 Å². The number of esters is 1. The van der Waals surface area contributed by atoms with Crippen molar-refractivity contribution in [2.24, 2.45) is 5.10 Å². The molecule has 0 unspecified atom stereocenters. The molecular formula is C26H28ClN5O5. The van der Waals surface area contributed by atoms with E-state index in [1.54, 1.807) is 23.8 Å². The fourth-order valence-electron chi connectivity index (χ4n) is 4.84. The number of quaternary nitrogens is 1. The van der Waals surface area contributed by atoms with Crippen molar-refractivity contribution < 1.29 is 36.3 Å². The number of hydrogen-bond donors (Lipinski definition) is 2. The molecule has 2 aliphatic heterocycles. The summed E-state index contributed by atoms with van der Waals surface area (Å²) in [5, 5.41) is 16.1. The number of halogens is 1. The predicted octanol–water partition coefficient (Wildman–Crippen LogP) is -1.76. The summed E-state index contributed by atoms with van der Waals surface area (Å²) in [6.07, 6.45) is 1.66. The Hall–Kier alpha value is -3.60. The molecule has 194 valence electrons. The minimum Gasteiger partial charge on any atom is -1.00 e. The highest BCUT2D eigenvalue weighted by molar-refractivity contribution is 6.02. The Bertz CT molecular complexity index is 1520. The third kappa shape index (κ3) is 4.41. The highest BCUT2D eigenvalue weighted by Gasteiger charge is 2.45. The van der Waals surface area contributed by atoms with E-state index in [-0.39, 0.29) is 61.1 Å². The number of aromatic nitrogens is 2. The van der Waals surface area contributed by atoms with E-state index in [9.17, 15) is 19.5 Å². The highest BCUT2D eigenvalue weighted by atomic mass is 35.5. The number of carbonyl (C=O) groups is 2. The predicted molar refractivity (Wildman–Crippen MR) is 133 cm³/mol. The molecule has 5 rings (SSSR count). The van der Waals surface area contributed by atoms with Gasteiger partial charge in [-0.3, -0.25) is 9.59 Å². The van der Waals surface area contributed by atoms with Gasteiger partial charge in [0.25, 0.3) is 11.5 Å². The molecule has 10 nitrogen and oxygen atoms in total. The Balaban J connectivity index is 0.00000320. The van der Waals surface area contributed by atoms with E-state index in [0.29, 0.717) is 21.4 Å². The van der Waals surface area contributed by atoms with Crippen LogP contribution in [-0.2, 0) is 33.1 Å². The van der Waals surface area contributed by atoms with E-state index in [1.807, 2.05) is 45.4 Å². The summed E-state index contributed by atoms with van der Waals surface area (Å²) >= 11 is 0. The molecule has 1 aromatic carbocycles. The SMILES string of the molecule is CC[C@@]1(O)C(=O)OCc2c1cc1n(c2=O)Cc2c-1nc1ccccc1c2/C=N/NC(=O)C[N+](C)(C)C.[Cl-]. The maximum atomic E-state index is 13.5. The summed E-state index contributed by atoms with van der Waals surface area (Å²) in [6.45, 7) is 1.98. The number of ether oxygens (including phenoxy) is 1. The van der Waals surface area contributed by atoms with Gasteiger partial charge in [0, 0.05) is 22.1 Å². The Kier molecular flexibility index (Phi) is 6.70. The second kappa shape index (κ2) is 9.37. The lowest BCUT2D eigenvalue weighted by atomic mass is 9.86. The van der Waals surface area contributed by atoms with Crippen LogP contribution in [0.5, 0.6) is 0 Å². The van der Waals surface area contributed by atoms with Gasteiger partial charge in [0.1, 0.15) is 6.61 Å². The van der Waals surface area contributed by atoms with Crippen LogP contribution >= 0.6 is 0 Å². The summed E-state index contributed by atoms with van der Waals surface area (Å²) in [4.78, 5) is 43.0. The number of rotatable bonds is 5. The van der Waals surface area contributed by atoms with Gasteiger partial charge in [-0.2, -0.15) is 5.10 Å². The fourth-order valence-corrected chi connectivity index (χ4v) is 4.84. The van der Waals surface area contributed by atoms with Crippen molar-refractivity contribution in [1.82, 2.24) is 15.0 Å². The molecule has 2 aromatic heterocycles. The van der Waals surface area contributed by atoms with Crippen LogP contribution in [0.1, 0.15) is 35.6 Å². The number of hydrazone groups is 1. The molecule has 11 heteroatoms. The van der Waals surface area contributed by atoms with Gasteiger partial charge < -0.3 is 31.3 Å². The number of carbonyl (C=O) groups excluding carboxylic acids is 2. The maximum Gasteiger partial charge on any atom is 0.343 e. The van der Waals surface area contributed by atoms with Gasteiger partial charge in [0.15, 0.2) is 12.1 Å². The van der Waals surface area contributed by atoms with E-state index < -0.39 is 11.6 Å². The molecule has 0 fully saturated rings. The number of nitrogens with zero attached hydrogens (tertiary/aromatic N) is 4. The molecule has 0 radical (unpaired) electrons. The first-order valence-corrected chi connectivity index (χ1v) is 11.7. The normalized spacial score (nSPS) is 18.1. The molecule has 37 heavy (non-hydrogen) atoms. The van der Waals surface area contributed by atoms with E-state index in [0.717, 1.165) is 16.5 Å². The third-order valence-electron chi connectivity index (χ3n) is 6.64. The zero-order valence-corrected chi connectivity index (χ0v) is 21.8. The number of pyridine rings is 2. The molecule has 0 spiro atoms. The molecule has 4 heterocycles. The summed E-state index contributed by atoms with van der Waals surface area (Å²) < 4.78 is 7.19. The molecule has 0 bridgehead atoms. The van der Waals surface area contributed by atoms with Crippen LogP contribution in [0.15, 0.2) is 40.2 Å². The minimum atomic E-state index is -1.89. The van der Waals surface area contributed by atoms with Crippen LogP contribution < -0.4 is 23.4 Å². The lowest BCUT2D eigenvalue weighted by Gasteiger charge is -2.31. The van der Waals surface area contributed by atoms with Gasteiger partial charge in [-0.05, 0) is 18.6 Å². The third-order valence-corrected chi connectivity index (χ3v) is 6.64. The smallest absolute Gasteiger partial charge is 0.343 e. The number of cyclic esters (lactones) is 1. The van der Waals surface area contributed by atoms with Crippen LogP contribution in [0.25, 0.3) is 22.3 Å². The summed E-state index contributed by atoms with van der Waals surface area (Å²) in [5.74, 6) is -0.978. The van der Waals surface area contributed by atoms with Crippen molar-refractivity contribution >= 4 is 29.0 Å². The molecule has 0 aliphatic carbocycles. The summed E-state index contributed by atoms with van der Waals surface area (Å²) in [5.41, 5.74) is 4.19. The Morgan fingerprint density at radius 2 is 2.00 bits per heavy atom. The molecule has 2 aliphatic rings. The van der Waals surface area contributed by atoms with Gasteiger partial charge in [-0.25, -0.2) is 15.2 Å². The number of benzene rings is 1. The number of aliphatic hydroxyl groups is 1. The number of amides is 1.